The number of fused-ring (bicyclic) bond motifs is 1. The highest BCUT2D eigenvalue weighted by molar-refractivity contribution is 8.00. The molecular weight excluding hydrogens is 236 g/mol. The third-order valence-corrected chi connectivity index (χ3v) is 4.50. The van der Waals surface area contributed by atoms with Crippen molar-refractivity contribution >= 4 is 22.9 Å². The van der Waals surface area contributed by atoms with Gasteiger partial charge in [0, 0.05) is 5.25 Å². The Morgan fingerprint density at radius 3 is 3.00 bits per heavy atom. The summed E-state index contributed by atoms with van der Waals surface area (Å²) in [5.41, 5.74) is 1.56. The highest BCUT2D eigenvalue weighted by Gasteiger charge is 2.25. The van der Waals surface area contributed by atoms with Crippen LogP contribution in [0.25, 0.3) is 11.2 Å². The van der Waals surface area contributed by atoms with Crippen molar-refractivity contribution in [2.75, 3.05) is 0 Å². The third-order valence-electron chi connectivity index (χ3n) is 3.12. The number of nitrogens with zero attached hydrogens (tertiary/aromatic N) is 3. The average Bonchev–Trinajstić information content (AvgIpc) is 2.81. The van der Waals surface area contributed by atoms with Crippen LogP contribution >= 0.6 is 11.8 Å². The first kappa shape index (κ1) is 11.0. The van der Waals surface area contributed by atoms with Crippen LogP contribution < -0.4 is 0 Å². The van der Waals surface area contributed by atoms with Crippen molar-refractivity contribution in [3.8, 4) is 0 Å². The number of imidazole rings is 1. The maximum absolute atomic E-state index is 9.96. The van der Waals surface area contributed by atoms with Gasteiger partial charge in [-0.3, -0.25) is 0 Å². The van der Waals surface area contributed by atoms with Crippen molar-refractivity contribution < 1.29 is 5.11 Å². The molecule has 2 heterocycles. The van der Waals surface area contributed by atoms with Crippen molar-refractivity contribution in [2.24, 2.45) is 0 Å². The van der Waals surface area contributed by atoms with Gasteiger partial charge in [0.1, 0.15) is 16.9 Å². The first-order valence-electron chi connectivity index (χ1n) is 5.83. The van der Waals surface area contributed by atoms with Gasteiger partial charge in [-0.05, 0) is 12.8 Å². The summed E-state index contributed by atoms with van der Waals surface area (Å²) in [6, 6.07) is 0. The molecule has 0 amide bonds. The van der Waals surface area contributed by atoms with Crippen LogP contribution in [-0.4, -0.2) is 36.4 Å². The highest BCUT2D eigenvalue weighted by Crippen LogP contribution is 2.34. The number of nitrogens with one attached hydrogen (secondary N) is 1. The molecule has 5 nitrogen and oxygen atoms in total. The van der Waals surface area contributed by atoms with Crippen molar-refractivity contribution in [1.29, 1.82) is 0 Å². The molecule has 1 saturated carbocycles. The van der Waals surface area contributed by atoms with E-state index in [4.69, 9.17) is 0 Å². The molecule has 0 unspecified atom stereocenters. The lowest BCUT2D eigenvalue weighted by Crippen LogP contribution is -2.26. The summed E-state index contributed by atoms with van der Waals surface area (Å²) in [5, 5.41) is 11.1. The zero-order chi connectivity index (χ0) is 11.7. The Bertz CT molecular complexity index is 515. The van der Waals surface area contributed by atoms with E-state index in [2.05, 4.69) is 19.9 Å². The minimum Gasteiger partial charge on any atom is -0.392 e. The Morgan fingerprint density at radius 2 is 2.12 bits per heavy atom. The predicted molar refractivity (Wildman–Crippen MR) is 65.8 cm³/mol. The van der Waals surface area contributed by atoms with E-state index in [1.54, 1.807) is 18.1 Å². The van der Waals surface area contributed by atoms with Crippen molar-refractivity contribution in [2.45, 2.75) is 42.1 Å². The fraction of sp³-hybridized carbons (Fsp3) is 0.545. The number of hydrogen-bond donors (Lipinski definition) is 2. The van der Waals surface area contributed by atoms with Crippen LogP contribution in [0.5, 0.6) is 0 Å². The lowest BCUT2D eigenvalue weighted by atomic mass is 9.97. The summed E-state index contributed by atoms with van der Waals surface area (Å²) in [6.45, 7) is 0. The molecule has 0 spiro atoms. The SMILES string of the molecule is O[C@@H]1CCCC[C@H]1Sc1ncnc2nc[nH]c12. The van der Waals surface area contributed by atoms with Gasteiger partial charge in [-0.2, -0.15) is 0 Å². The monoisotopic (exact) mass is 250 g/mol. The lowest BCUT2D eigenvalue weighted by Gasteiger charge is -2.26. The van der Waals surface area contributed by atoms with Crippen LogP contribution in [0.2, 0.25) is 0 Å². The first-order chi connectivity index (χ1) is 8.34. The normalized spacial score (nSPS) is 25.2. The van der Waals surface area contributed by atoms with Gasteiger partial charge < -0.3 is 10.1 Å². The van der Waals surface area contributed by atoms with Gasteiger partial charge in [0.15, 0.2) is 5.65 Å². The van der Waals surface area contributed by atoms with Gasteiger partial charge in [0.05, 0.1) is 12.4 Å². The Morgan fingerprint density at radius 1 is 1.24 bits per heavy atom. The second-order valence-electron chi connectivity index (χ2n) is 4.29. The Labute approximate surface area is 103 Å². The van der Waals surface area contributed by atoms with Crippen molar-refractivity contribution in [3.05, 3.63) is 12.7 Å². The van der Waals surface area contributed by atoms with Crippen LogP contribution in [0.4, 0.5) is 0 Å². The standard InChI is InChI=1S/C11H14N4OS/c16-7-3-1-2-4-8(7)17-11-9-10(13-5-12-9)14-6-15-11/h5-8,16H,1-4H2,(H,12,13,14,15)/t7-,8-/m1/s1. The fourth-order valence-electron chi connectivity index (χ4n) is 2.19. The van der Waals surface area contributed by atoms with Gasteiger partial charge in [0.25, 0.3) is 0 Å². The molecule has 2 atom stereocenters. The number of rotatable bonds is 2. The van der Waals surface area contributed by atoms with Crippen LogP contribution in [0.3, 0.4) is 0 Å². The maximum atomic E-state index is 9.96. The molecule has 0 radical (unpaired) electrons. The van der Waals surface area contributed by atoms with E-state index in [1.165, 1.54) is 12.7 Å². The number of aliphatic hydroxyl groups excluding tert-OH is 1. The molecule has 0 aliphatic heterocycles. The molecule has 2 aromatic heterocycles. The molecule has 0 bridgehead atoms. The minimum atomic E-state index is -0.221. The van der Waals surface area contributed by atoms with Gasteiger partial charge in [-0.15, -0.1) is 0 Å². The summed E-state index contributed by atoms with van der Waals surface area (Å²) in [4.78, 5) is 15.5. The lowest BCUT2D eigenvalue weighted by molar-refractivity contribution is 0.137. The van der Waals surface area contributed by atoms with E-state index in [1.807, 2.05) is 0 Å². The number of aromatic amines is 1. The smallest absolute Gasteiger partial charge is 0.181 e. The van der Waals surface area contributed by atoms with Crippen LogP contribution in [0.15, 0.2) is 17.7 Å². The quantitative estimate of drug-likeness (QED) is 0.794. The third kappa shape index (κ3) is 2.14. The van der Waals surface area contributed by atoms with E-state index in [9.17, 15) is 5.11 Å². The summed E-state index contributed by atoms with van der Waals surface area (Å²) in [6.07, 6.45) is 7.19. The van der Waals surface area contributed by atoms with E-state index in [-0.39, 0.29) is 11.4 Å². The zero-order valence-corrected chi connectivity index (χ0v) is 10.2. The molecule has 1 aliphatic carbocycles. The van der Waals surface area contributed by atoms with Crippen LogP contribution in [0.1, 0.15) is 25.7 Å². The van der Waals surface area contributed by atoms with Gasteiger partial charge in [-0.1, -0.05) is 24.6 Å². The second-order valence-corrected chi connectivity index (χ2v) is 5.52. The number of hydrogen-bond acceptors (Lipinski definition) is 5. The molecule has 2 aromatic rings. The molecule has 90 valence electrons. The largest absolute Gasteiger partial charge is 0.392 e. The van der Waals surface area contributed by atoms with E-state index in [0.29, 0.717) is 5.65 Å². The van der Waals surface area contributed by atoms with Gasteiger partial charge >= 0.3 is 0 Å². The number of aliphatic hydroxyl groups is 1. The van der Waals surface area contributed by atoms with E-state index in [0.717, 1.165) is 29.8 Å². The van der Waals surface area contributed by atoms with Crippen molar-refractivity contribution in [3.63, 3.8) is 0 Å². The second kappa shape index (κ2) is 4.62. The fourth-order valence-corrected chi connectivity index (χ4v) is 3.43. The molecule has 17 heavy (non-hydrogen) atoms. The first-order valence-corrected chi connectivity index (χ1v) is 6.71. The maximum Gasteiger partial charge on any atom is 0.181 e. The molecule has 2 N–H and O–H groups in total. The average molecular weight is 250 g/mol. The summed E-state index contributed by atoms with van der Waals surface area (Å²) >= 11 is 1.63. The molecule has 1 fully saturated rings. The van der Waals surface area contributed by atoms with Crippen molar-refractivity contribution in [1.82, 2.24) is 19.9 Å². The van der Waals surface area contributed by atoms with E-state index >= 15 is 0 Å². The Kier molecular flexibility index (Phi) is 2.98. The van der Waals surface area contributed by atoms with Gasteiger partial charge in [-0.25, -0.2) is 15.0 Å². The predicted octanol–water partition coefficient (Wildman–Crippen LogP) is 1.75. The van der Waals surface area contributed by atoms with Gasteiger partial charge in [0.2, 0.25) is 0 Å². The number of thioether (sulfide) groups is 1. The Balaban J connectivity index is 1.86. The molecule has 6 heteroatoms. The summed E-state index contributed by atoms with van der Waals surface area (Å²) < 4.78 is 0. The highest BCUT2D eigenvalue weighted by atomic mass is 32.2. The number of aromatic nitrogens is 4. The summed E-state index contributed by atoms with van der Waals surface area (Å²) in [5.74, 6) is 0. The number of H-pyrrole nitrogens is 1. The molecular formula is C11H14N4OS. The molecule has 3 rings (SSSR count). The summed E-state index contributed by atoms with van der Waals surface area (Å²) in [7, 11) is 0. The molecule has 0 aromatic carbocycles. The van der Waals surface area contributed by atoms with Crippen LogP contribution in [0, 0.1) is 0 Å². The molecule has 0 saturated heterocycles. The topological polar surface area (TPSA) is 74.7 Å². The molecule has 1 aliphatic rings. The van der Waals surface area contributed by atoms with E-state index < -0.39 is 0 Å². The minimum absolute atomic E-state index is 0.221. The van der Waals surface area contributed by atoms with Crippen LogP contribution in [-0.2, 0) is 0 Å². The zero-order valence-electron chi connectivity index (χ0n) is 9.33. The Hall–Kier alpha value is -1.14.